The van der Waals surface area contributed by atoms with E-state index in [2.05, 4.69) is 5.32 Å². The van der Waals surface area contributed by atoms with E-state index in [0.29, 0.717) is 12.3 Å². The van der Waals surface area contributed by atoms with Gasteiger partial charge in [0.05, 0.1) is 6.61 Å². The summed E-state index contributed by atoms with van der Waals surface area (Å²) in [6.45, 7) is 2.15. The lowest BCUT2D eigenvalue weighted by Gasteiger charge is -2.23. The maximum Gasteiger partial charge on any atom is 0.328 e. The summed E-state index contributed by atoms with van der Waals surface area (Å²) < 4.78 is 18.3. The van der Waals surface area contributed by atoms with E-state index in [1.165, 1.54) is 12.1 Å². The molecule has 1 aromatic carbocycles. The molecular weight excluding hydrogens is 265 g/mol. The van der Waals surface area contributed by atoms with Crippen LogP contribution in [0.1, 0.15) is 13.3 Å². The van der Waals surface area contributed by atoms with E-state index in [4.69, 9.17) is 4.74 Å². The number of benzene rings is 1. The van der Waals surface area contributed by atoms with Crippen molar-refractivity contribution in [3.05, 3.63) is 30.1 Å². The lowest BCUT2D eigenvalue weighted by Crippen LogP contribution is -2.38. The quantitative estimate of drug-likeness (QED) is 0.843. The van der Waals surface area contributed by atoms with E-state index in [-0.39, 0.29) is 17.7 Å². The van der Waals surface area contributed by atoms with Crippen LogP contribution in [0.25, 0.3) is 0 Å². The number of ether oxygens (including phenoxy) is 1. The van der Waals surface area contributed by atoms with Gasteiger partial charge in [-0.3, -0.25) is 0 Å². The normalized spacial score (nSPS) is 20.0. The van der Waals surface area contributed by atoms with Gasteiger partial charge in [-0.1, -0.05) is 6.07 Å². The molecule has 2 atom stereocenters. The van der Waals surface area contributed by atoms with E-state index < -0.39 is 6.04 Å². The number of rotatable bonds is 5. The van der Waals surface area contributed by atoms with Gasteiger partial charge in [0.2, 0.25) is 0 Å². The molecule has 0 bridgehead atoms. The lowest BCUT2D eigenvalue weighted by atomic mass is 9.99. The van der Waals surface area contributed by atoms with Gasteiger partial charge in [-0.15, -0.1) is 0 Å². The standard InChI is InChI=1S/C14H18FNO2S/c1-2-18-14(17)13(10-6-7-19-9-10)16-12-5-3-4-11(15)8-12/h3-5,8,10,13,16H,2,6-7,9H2,1H3. The molecule has 0 saturated carbocycles. The first-order valence-corrected chi connectivity index (χ1v) is 7.62. The Kier molecular flexibility index (Phi) is 5.07. The minimum Gasteiger partial charge on any atom is -0.464 e. The monoisotopic (exact) mass is 283 g/mol. The molecular formula is C14H18FNO2S. The molecule has 3 nitrogen and oxygen atoms in total. The Balaban J connectivity index is 2.10. The second kappa shape index (κ2) is 6.80. The van der Waals surface area contributed by atoms with Gasteiger partial charge in [0.1, 0.15) is 11.9 Å². The van der Waals surface area contributed by atoms with Crippen molar-refractivity contribution in [2.75, 3.05) is 23.4 Å². The second-order valence-electron chi connectivity index (χ2n) is 4.51. The van der Waals surface area contributed by atoms with Crippen molar-refractivity contribution in [2.24, 2.45) is 5.92 Å². The van der Waals surface area contributed by atoms with E-state index in [9.17, 15) is 9.18 Å². The molecule has 1 fully saturated rings. The van der Waals surface area contributed by atoms with Gasteiger partial charge in [-0.25, -0.2) is 9.18 Å². The van der Waals surface area contributed by atoms with Crippen molar-refractivity contribution in [1.82, 2.24) is 0 Å². The molecule has 1 saturated heterocycles. The summed E-state index contributed by atoms with van der Waals surface area (Å²) in [5, 5.41) is 3.12. The zero-order chi connectivity index (χ0) is 13.7. The van der Waals surface area contributed by atoms with Crippen molar-refractivity contribution in [3.63, 3.8) is 0 Å². The summed E-state index contributed by atoms with van der Waals surface area (Å²) in [4.78, 5) is 12.0. The number of hydrogen-bond donors (Lipinski definition) is 1. The fourth-order valence-corrected chi connectivity index (χ4v) is 3.47. The van der Waals surface area contributed by atoms with Crippen LogP contribution in [-0.4, -0.2) is 30.1 Å². The number of hydrogen-bond acceptors (Lipinski definition) is 4. The minimum atomic E-state index is -0.392. The number of halogens is 1. The summed E-state index contributed by atoms with van der Waals surface area (Å²) in [5.74, 6) is 1.68. The van der Waals surface area contributed by atoms with Crippen LogP contribution in [0.2, 0.25) is 0 Å². The zero-order valence-electron chi connectivity index (χ0n) is 10.9. The fourth-order valence-electron chi connectivity index (χ4n) is 2.17. The molecule has 0 aromatic heterocycles. The first kappa shape index (κ1) is 14.2. The summed E-state index contributed by atoms with van der Waals surface area (Å²) in [5.41, 5.74) is 0.620. The van der Waals surface area contributed by atoms with Crippen molar-refractivity contribution in [1.29, 1.82) is 0 Å². The average Bonchev–Trinajstić information content (AvgIpc) is 2.90. The third kappa shape index (κ3) is 3.86. The molecule has 2 unspecified atom stereocenters. The molecule has 1 aliphatic rings. The maximum atomic E-state index is 13.2. The van der Waals surface area contributed by atoms with Gasteiger partial charge < -0.3 is 10.1 Å². The van der Waals surface area contributed by atoms with Crippen LogP contribution in [0, 0.1) is 11.7 Å². The number of esters is 1. The Morgan fingerprint density at radius 2 is 2.47 bits per heavy atom. The summed E-state index contributed by atoms with van der Waals surface area (Å²) in [7, 11) is 0. The Bertz CT molecular complexity index is 435. The van der Waals surface area contributed by atoms with Crippen LogP contribution in [0.3, 0.4) is 0 Å². The fraction of sp³-hybridized carbons (Fsp3) is 0.500. The van der Waals surface area contributed by atoms with Gasteiger partial charge in [-0.2, -0.15) is 11.8 Å². The number of nitrogens with one attached hydrogen (secondary N) is 1. The zero-order valence-corrected chi connectivity index (χ0v) is 11.7. The van der Waals surface area contributed by atoms with Crippen LogP contribution < -0.4 is 5.32 Å². The summed E-state index contributed by atoms with van der Waals surface area (Å²) in [6, 6.07) is 5.78. The highest BCUT2D eigenvalue weighted by molar-refractivity contribution is 7.99. The molecule has 19 heavy (non-hydrogen) atoms. The molecule has 2 rings (SSSR count). The topological polar surface area (TPSA) is 38.3 Å². The molecule has 1 aliphatic heterocycles. The smallest absolute Gasteiger partial charge is 0.328 e. The molecule has 1 aromatic rings. The predicted octanol–water partition coefficient (Wildman–Crippen LogP) is 2.92. The van der Waals surface area contributed by atoms with Crippen LogP contribution in [0.5, 0.6) is 0 Å². The number of thioether (sulfide) groups is 1. The van der Waals surface area contributed by atoms with E-state index in [1.54, 1.807) is 19.1 Å². The highest BCUT2D eigenvalue weighted by atomic mass is 32.2. The minimum absolute atomic E-state index is 0.243. The van der Waals surface area contributed by atoms with Crippen LogP contribution in [0.4, 0.5) is 10.1 Å². The molecule has 1 N–H and O–H groups in total. The van der Waals surface area contributed by atoms with Gasteiger partial charge >= 0.3 is 5.97 Å². The Hall–Kier alpha value is -1.23. The molecule has 0 radical (unpaired) electrons. The SMILES string of the molecule is CCOC(=O)C(Nc1cccc(F)c1)C1CCSC1. The Morgan fingerprint density at radius 1 is 1.63 bits per heavy atom. The Labute approximate surface area is 116 Å². The highest BCUT2D eigenvalue weighted by Crippen LogP contribution is 2.28. The van der Waals surface area contributed by atoms with Crippen molar-refractivity contribution in [2.45, 2.75) is 19.4 Å². The number of carbonyl (C=O) groups is 1. The first-order chi connectivity index (χ1) is 9.20. The Morgan fingerprint density at radius 3 is 3.11 bits per heavy atom. The van der Waals surface area contributed by atoms with Crippen LogP contribution >= 0.6 is 11.8 Å². The predicted molar refractivity (Wildman–Crippen MR) is 75.9 cm³/mol. The van der Waals surface area contributed by atoms with Gasteiger partial charge in [0, 0.05) is 5.69 Å². The summed E-state index contributed by atoms with van der Waals surface area (Å²) >= 11 is 1.84. The van der Waals surface area contributed by atoms with E-state index >= 15 is 0 Å². The van der Waals surface area contributed by atoms with Gasteiger partial charge in [0.15, 0.2) is 0 Å². The molecule has 0 aliphatic carbocycles. The van der Waals surface area contributed by atoms with E-state index in [1.807, 2.05) is 11.8 Å². The molecule has 0 amide bonds. The van der Waals surface area contributed by atoms with Crippen molar-refractivity contribution < 1.29 is 13.9 Å². The second-order valence-corrected chi connectivity index (χ2v) is 5.66. The number of carbonyl (C=O) groups excluding carboxylic acids is 1. The lowest BCUT2D eigenvalue weighted by molar-refractivity contribution is -0.145. The van der Waals surface area contributed by atoms with E-state index in [0.717, 1.165) is 17.9 Å². The third-order valence-electron chi connectivity index (χ3n) is 3.12. The average molecular weight is 283 g/mol. The molecule has 0 spiro atoms. The molecule has 1 heterocycles. The number of anilines is 1. The highest BCUT2D eigenvalue weighted by Gasteiger charge is 2.32. The van der Waals surface area contributed by atoms with Crippen LogP contribution in [-0.2, 0) is 9.53 Å². The van der Waals surface area contributed by atoms with Crippen LogP contribution in [0.15, 0.2) is 24.3 Å². The molecule has 5 heteroatoms. The molecule has 104 valence electrons. The van der Waals surface area contributed by atoms with Gasteiger partial charge in [-0.05, 0) is 49.0 Å². The largest absolute Gasteiger partial charge is 0.464 e. The first-order valence-electron chi connectivity index (χ1n) is 6.47. The van der Waals surface area contributed by atoms with Crippen molar-refractivity contribution >= 4 is 23.4 Å². The van der Waals surface area contributed by atoms with Crippen molar-refractivity contribution in [3.8, 4) is 0 Å². The van der Waals surface area contributed by atoms with Gasteiger partial charge in [0.25, 0.3) is 0 Å². The summed E-state index contributed by atoms with van der Waals surface area (Å²) in [6.07, 6.45) is 0.983. The third-order valence-corrected chi connectivity index (χ3v) is 4.31. The maximum absolute atomic E-state index is 13.2.